The Morgan fingerprint density at radius 1 is 1.05 bits per heavy atom. The molecule has 5 unspecified atom stereocenters. The number of anilines is 1. The summed E-state index contributed by atoms with van der Waals surface area (Å²) in [6, 6.07) is 7.81. The molecule has 5 atom stereocenters. The van der Waals surface area contributed by atoms with E-state index in [0.29, 0.717) is 10.9 Å². The third-order valence-corrected chi connectivity index (χ3v) is 7.21. The average Bonchev–Trinajstić information content (AvgIpc) is 3.09. The van der Waals surface area contributed by atoms with E-state index in [1.54, 1.807) is 12.1 Å². The summed E-state index contributed by atoms with van der Waals surface area (Å²) < 4.78 is 23.9. The van der Waals surface area contributed by atoms with Crippen LogP contribution in [0, 0.1) is 23.7 Å². The average molecular weight is 305 g/mol. The van der Waals surface area contributed by atoms with Crippen LogP contribution in [-0.4, -0.2) is 20.7 Å². The first-order valence-corrected chi connectivity index (χ1v) is 9.99. The quantitative estimate of drug-likeness (QED) is 0.931. The Hall–Kier alpha value is -1.03. The Labute approximate surface area is 127 Å². The van der Waals surface area contributed by atoms with Gasteiger partial charge in [-0.2, -0.15) is 0 Å². The lowest BCUT2D eigenvalue weighted by Crippen LogP contribution is -2.34. The third kappa shape index (κ3) is 2.19. The normalized spacial score (nSPS) is 37.7. The molecule has 3 aliphatic carbocycles. The molecule has 4 heteroatoms. The largest absolute Gasteiger partial charge is 0.381 e. The van der Waals surface area contributed by atoms with Gasteiger partial charge in [0, 0.05) is 12.3 Å². The Balaban J connectivity index is 1.58. The molecule has 3 fully saturated rings. The zero-order chi connectivity index (χ0) is 14.6. The molecule has 0 aliphatic heterocycles. The van der Waals surface area contributed by atoms with Gasteiger partial charge in [-0.15, -0.1) is 0 Å². The van der Waals surface area contributed by atoms with E-state index in [4.69, 9.17) is 0 Å². The summed E-state index contributed by atoms with van der Waals surface area (Å²) in [5.41, 5.74) is 0.798. The maximum absolute atomic E-state index is 11.9. The molecule has 2 bridgehead atoms. The number of nitrogens with one attached hydrogen (secondary N) is 1. The predicted octanol–water partition coefficient (Wildman–Crippen LogP) is 3.33. The van der Waals surface area contributed by atoms with Gasteiger partial charge in [0.25, 0.3) is 0 Å². The minimum atomic E-state index is -3.17. The van der Waals surface area contributed by atoms with Gasteiger partial charge in [-0.05, 0) is 61.5 Å². The van der Waals surface area contributed by atoms with E-state index in [1.807, 2.05) is 12.1 Å². The lowest BCUT2D eigenvalue weighted by Gasteiger charge is -2.33. The molecule has 3 saturated carbocycles. The van der Waals surface area contributed by atoms with Crippen molar-refractivity contribution in [2.24, 2.45) is 23.7 Å². The van der Waals surface area contributed by atoms with Gasteiger partial charge >= 0.3 is 0 Å². The fourth-order valence-corrected chi connectivity index (χ4v) is 6.20. The van der Waals surface area contributed by atoms with Crippen molar-refractivity contribution in [3.8, 4) is 0 Å². The number of para-hydroxylation sites is 1. The minimum Gasteiger partial charge on any atom is -0.381 e. The van der Waals surface area contributed by atoms with Crippen molar-refractivity contribution in [2.75, 3.05) is 11.6 Å². The second kappa shape index (κ2) is 4.73. The van der Waals surface area contributed by atoms with Crippen LogP contribution < -0.4 is 5.32 Å². The lowest BCUT2D eigenvalue weighted by molar-refractivity contribution is 0.243. The van der Waals surface area contributed by atoms with Gasteiger partial charge in [0.2, 0.25) is 0 Å². The van der Waals surface area contributed by atoms with Crippen molar-refractivity contribution in [1.82, 2.24) is 0 Å². The van der Waals surface area contributed by atoms with Crippen LogP contribution in [0.15, 0.2) is 29.2 Å². The van der Waals surface area contributed by atoms with E-state index >= 15 is 0 Å². The molecule has 1 aromatic rings. The molecular formula is C17H23NO2S. The molecule has 3 nitrogen and oxygen atoms in total. The lowest BCUT2D eigenvalue weighted by atomic mass is 9.79. The number of hydrogen-bond acceptors (Lipinski definition) is 3. The van der Waals surface area contributed by atoms with Crippen LogP contribution in [0.5, 0.6) is 0 Å². The molecule has 0 saturated heterocycles. The fourth-order valence-electron chi connectivity index (χ4n) is 5.34. The molecule has 3 aliphatic rings. The van der Waals surface area contributed by atoms with Crippen LogP contribution in [-0.2, 0) is 9.84 Å². The molecule has 21 heavy (non-hydrogen) atoms. The molecule has 1 N–H and O–H groups in total. The van der Waals surface area contributed by atoms with E-state index in [2.05, 4.69) is 5.32 Å². The Kier molecular flexibility index (Phi) is 3.07. The summed E-state index contributed by atoms with van der Waals surface area (Å²) in [6.45, 7) is 0. The van der Waals surface area contributed by atoms with Gasteiger partial charge in [0.05, 0.1) is 10.6 Å². The van der Waals surface area contributed by atoms with Crippen molar-refractivity contribution < 1.29 is 8.42 Å². The van der Waals surface area contributed by atoms with E-state index < -0.39 is 9.84 Å². The van der Waals surface area contributed by atoms with Crippen molar-refractivity contribution in [2.45, 2.75) is 43.0 Å². The SMILES string of the molecule is CS(=O)(=O)c1ccccc1NC1CC2CC1C1CCCC21. The Morgan fingerprint density at radius 2 is 1.81 bits per heavy atom. The Morgan fingerprint density at radius 3 is 2.62 bits per heavy atom. The molecule has 0 heterocycles. The van der Waals surface area contributed by atoms with Gasteiger partial charge in [0.1, 0.15) is 0 Å². The summed E-state index contributed by atoms with van der Waals surface area (Å²) in [5, 5.41) is 3.58. The van der Waals surface area contributed by atoms with Crippen LogP contribution in [0.1, 0.15) is 32.1 Å². The first kappa shape index (κ1) is 13.6. The maximum Gasteiger partial charge on any atom is 0.177 e. The van der Waals surface area contributed by atoms with E-state index in [-0.39, 0.29) is 0 Å². The summed E-state index contributed by atoms with van der Waals surface area (Å²) >= 11 is 0. The van der Waals surface area contributed by atoms with Gasteiger partial charge < -0.3 is 5.32 Å². The molecule has 1 aromatic carbocycles. The van der Waals surface area contributed by atoms with Crippen molar-refractivity contribution in [1.29, 1.82) is 0 Å². The maximum atomic E-state index is 11.9. The van der Waals surface area contributed by atoms with Crippen LogP contribution in [0.3, 0.4) is 0 Å². The highest BCUT2D eigenvalue weighted by molar-refractivity contribution is 7.90. The highest BCUT2D eigenvalue weighted by Gasteiger charge is 2.53. The summed E-state index contributed by atoms with van der Waals surface area (Å²) in [5.74, 6) is 3.50. The summed E-state index contributed by atoms with van der Waals surface area (Å²) in [4.78, 5) is 0.441. The molecule has 114 valence electrons. The predicted molar refractivity (Wildman–Crippen MR) is 84.0 cm³/mol. The molecular weight excluding hydrogens is 282 g/mol. The standard InChI is InChI=1S/C17H23NO2S/c1-21(19,20)17-8-3-2-7-15(17)18-16-10-11-9-14(16)13-6-4-5-12(11)13/h2-3,7-8,11-14,16,18H,4-6,9-10H2,1H3. The van der Waals surface area contributed by atoms with E-state index in [0.717, 1.165) is 29.4 Å². The molecule has 4 rings (SSSR count). The number of sulfone groups is 1. The smallest absolute Gasteiger partial charge is 0.177 e. The van der Waals surface area contributed by atoms with Gasteiger partial charge in [-0.25, -0.2) is 8.42 Å². The fraction of sp³-hybridized carbons (Fsp3) is 0.647. The zero-order valence-electron chi connectivity index (χ0n) is 12.5. The number of benzene rings is 1. The van der Waals surface area contributed by atoms with Crippen molar-refractivity contribution >= 4 is 15.5 Å². The zero-order valence-corrected chi connectivity index (χ0v) is 13.3. The van der Waals surface area contributed by atoms with Crippen LogP contribution in [0.2, 0.25) is 0 Å². The first-order valence-electron chi connectivity index (χ1n) is 8.09. The summed E-state index contributed by atoms with van der Waals surface area (Å²) in [7, 11) is -3.17. The molecule has 0 spiro atoms. The van der Waals surface area contributed by atoms with Gasteiger partial charge in [0.15, 0.2) is 9.84 Å². The monoisotopic (exact) mass is 305 g/mol. The topological polar surface area (TPSA) is 46.2 Å². The Bertz CT molecular complexity index is 655. The number of rotatable bonds is 3. The third-order valence-electron chi connectivity index (χ3n) is 6.06. The number of hydrogen-bond donors (Lipinski definition) is 1. The van der Waals surface area contributed by atoms with Gasteiger partial charge in [-0.3, -0.25) is 0 Å². The highest BCUT2D eigenvalue weighted by atomic mass is 32.2. The summed E-state index contributed by atoms with van der Waals surface area (Å²) in [6.07, 6.45) is 8.09. The van der Waals surface area contributed by atoms with E-state index in [1.165, 1.54) is 38.4 Å². The first-order chi connectivity index (χ1) is 10.0. The van der Waals surface area contributed by atoms with Crippen LogP contribution in [0.4, 0.5) is 5.69 Å². The second-order valence-electron chi connectivity index (χ2n) is 7.17. The van der Waals surface area contributed by atoms with Crippen molar-refractivity contribution in [3.63, 3.8) is 0 Å². The highest BCUT2D eigenvalue weighted by Crippen LogP contribution is 2.59. The molecule has 0 amide bonds. The van der Waals surface area contributed by atoms with Crippen molar-refractivity contribution in [3.05, 3.63) is 24.3 Å². The second-order valence-corrected chi connectivity index (χ2v) is 9.16. The molecule has 0 radical (unpaired) electrons. The van der Waals surface area contributed by atoms with Gasteiger partial charge in [-0.1, -0.05) is 18.6 Å². The minimum absolute atomic E-state index is 0.441. The number of fused-ring (bicyclic) bond motifs is 5. The van der Waals surface area contributed by atoms with E-state index in [9.17, 15) is 8.42 Å². The van der Waals surface area contributed by atoms with Crippen LogP contribution in [0.25, 0.3) is 0 Å². The molecule has 0 aromatic heterocycles. The van der Waals surface area contributed by atoms with Crippen LogP contribution >= 0.6 is 0 Å².